The summed E-state index contributed by atoms with van der Waals surface area (Å²) in [6.07, 6.45) is 7.37. The topological polar surface area (TPSA) is 152 Å². The summed E-state index contributed by atoms with van der Waals surface area (Å²) in [5.41, 5.74) is 16.3. The summed E-state index contributed by atoms with van der Waals surface area (Å²) in [5, 5.41) is 0. The van der Waals surface area contributed by atoms with E-state index < -0.39 is 30.4 Å². The molecule has 3 fully saturated rings. The Morgan fingerprint density at radius 1 is 0.929 bits per heavy atom. The zero-order valence-electron chi connectivity index (χ0n) is 24.2. The van der Waals surface area contributed by atoms with Crippen LogP contribution in [0.5, 0.6) is 0 Å². The molecule has 42 heavy (non-hydrogen) atoms. The highest BCUT2D eigenvalue weighted by molar-refractivity contribution is 5.86. The Bertz CT molecular complexity index is 1170. The van der Waals surface area contributed by atoms with Crippen LogP contribution in [0.25, 0.3) is 0 Å². The fourth-order valence-corrected chi connectivity index (χ4v) is 7.43. The molecule has 0 aliphatic carbocycles. The third-order valence-corrected chi connectivity index (χ3v) is 9.43. The Morgan fingerprint density at radius 2 is 1.50 bits per heavy atom. The van der Waals surface area contributed by atoms with Gasteiger partial charge in [0, 0.05) is 45.1 Å². The van der Waals surface area contributed by atoms with Gasteiger partial charge in [0.2, 0.25) is 5.60 Å². The lowest BCUT2D eigenvalue weighted by molar-refractivity contribution is -0.956. The lowest BCUT2D eigenvalue weighted by atomic mass is 9.85. The van der Waals surface area contributed by atoms with E-state index in [1.807, 2.05) is 60.7 Å². The van der Waals surface area contributed by atoms with Crippen LogP contribution in [0.15, 0.2) is 65.7 Å². The van der Waals surface area contributed by atoms with Gasteiger partial charge in [-0.3, -0.25) is 9.79 Å². The smallest absolute Gasteiger partial charge is 0.348 e. The van der Waals surface area contributed by atoms with E-state index in [2.05, 4.69) is 4.99 Å². The third-order valence-electron chi connectivity index (χ3n) is 9.43. The number of ether oxygens (including phenoxy) is 3. The van der Waals surface area contributed by atoms with Crippen molar-refractivity contribution in [1.82, 2.24) is 0 Å². The number of benzene rings is 2. The maximum absolute atomic E-state index is 14.4. The second-order valence-electron chi connectivity index (χ2n) is 11.8. The molecule has 0 radical (unpaired) electrons. The predicted octanol–water partition coefficient (Wildman–Crippen LogP) is 2.68. The van der Waals surface area contributed by atoms with Crippen LogP contribution in [0.2, 0.25) is 0 Å². The Hall–Kier alpha value is -3.47. The molecule has 0 aromatic heterocycles. The minimum atomic E-state index is -1.63. The molecule has 3 aliphatic rings. The Morgan fingerprint density at radius 3 is 2.05 bits per heavy atom. The average molecular weight is 579 g/mol. The van der Waals surface area contributed by atoms with Gasteiger partial charge >= 0.3 is 11.9 Å². The second-order valence-corrected chi connectivity index (χ2v) is 11.8. The summed E-state index contributed by atoms with van der Waals surface area (Å²) in [6.45, 7) is 2.38. The van der Waals surface area contributed by atoms with Crippen LogP contribution >= 0.6 is 0 Å². The zero-order valence-corrected chi connectivity index (χ0v) is 24.2. The molecule has 2 bridgehead atoms. The van der Waals surface area contributed by atoms with Crippen molar-refractivity contribution in [3.8, 4) is 0 Å². The number of guanidine groups is 1. The van der Waals surface area contributed by atoms with Gasteiger partial charge in [-0.2, -0.15) is 0 Å². The van der Waals surface area contributed by atoms with Crippen LogP contribution in [0.4, 0.5) is 0 Å². The molecule has 10 heteroatoms. The maximum Gasteiger partial charge on any atom is 0.348 e. The van der Waals surface area contributed by atoms with E-state index in [9.17, 15) is 9.59 Å². The molecular formula is C32H44N5O5+. The van der Waals surface area contributed by atoms with Crippen molar-refractivity contribution in [2.45, 2.75) is 81.2 Å². The van der Waals surface area contributed by atoms with Gasteiger partial charge in [0.25, 0.3) is 0 Å². The minimum Gasteiger partial charge on any atom is -0.459 e. The summed E-state index contributed by atoms with van der Waals surface area (Å²) in [7, 11) is 0. The van der Waals surface area contributed by atoms with Crippen LogP contribution in [0.3, 0.4) is 0 Å². The molecular weight excluding hydrogens is 534 g/mol. The molecule has 3 saturated heterocycles. The number of hydrogen-bond donors (Lipinski definition) is 3. The number of nitrogens with zero attached hydrogens (tertiary/aromatic N) is 2. The van der Waals surface area contributed by atoms with Crippen molar-refractivity contribution in [3.63, 3.8) is 0 Å². The molecule has 3 heterocycles. The second kappa shape index (κ2) is 13.2. The highest BCUT2D eigenvalue weighted by Gasteiger charge is 2.57. The molecule has 0 saturated carbocycles. The number of carbonyl (C=O) groups excluding carboxylic acids is 2. The number of esters is 2. The Kier molecular flexibility index (Phi) is 9.45. The van der Waals surface area contributed by atoms with Crippen molar-refractivity contribution in [3.05, 3.63) is 71.8 Å². The summed E-state index contributed by atoms with van der Waals surface area (Å²) >= 11 is 0. The van der Waals surface area contributed by atoms with Crippen molar-refractivity contribution in [2.24, 2.45) is 22.2 Å². The standard InChI is InChI=1S/C32H44N5O5/c33-28(14-9-17-36-31(34)35)29(38)40-22-41-32(23-10-3-1-4-11-23,24-12-5-2-6-13-24)30(39)42-27-20-25-15-16-26(21-27)37(25)18-7-8-19-37/h1-6,10-13,25-28H,7-9,14-22,33H2,(H4,34,35,36)/q+1/t25?,26?,27?,28-/m0/s1. The molecule has 10 nitrogen and oxygen atoms in total. The maximum atomic E-state index is 14.4. The van der Waals surface area contributed by atoms with Gasteiger partial charge in [-0.05, 0) is 24.0 Å². The fraction of sp³-hybridized carbons (Fsp3) is 0.531. The van der Waals surface area contributed by atoms with E-state index >= 15 is 0 Å². The van der Waals surface area contributed by atoms with E-state index in [1.54, 1.807) is 0 Å². The molecule has 2 aromatic rings. The SMILES string of the molecule is NC(N)=NCCC[C@H](N)C(=O)OCOC(C(=O)OC1CC2CCC(C1)[N+]21CCCC1)(c1ccccc1)c1ccccc1. The van der Waals surface area contributed by atoms with Gasteiger partial charge < -0.3 is 35.9 Å². The molecule has 1 spiro atoms. The molecule has 3 atom stereocenters. The number of carbonyl (C=O) groups is 2. The molecule has 0 amide bonds. The lowest BCUT2D eigenvalue weighted by Gasteiger charge is -2.47. The molecule has 5 rings (SSSR count). The number of quaternary nitrogens is 1. The van der Waals surface area contributed by atoms with Crippen molar-refractivity contribution in [2.75, 3.05) is 26.4 Å². The van der Waals surface area contributed by atoms with E-state index in [0.29, 0.717) is 42.6 Å². The molecule has 226 valence electrons. The first-order valence-corrected chi connectivity index (χ1v) is 15.2. The van der Waals surface area contributed by atoms with E-state index in [-0.39, 0.29) is 12.1 Å². The Balaban J connectivity index is 1.33. The summed E-state index contributed by atoms with van der Waals surface area (Å²) < 4.78 is 19.3. The highest BCUT2D eigenvalue weighted by atomic mass is 16.7. The van der Waals surface area contributed by atoms with Gasteiger partial charge in [0.15, 0.2) is 12.8 Å². The van der Waals surface area contributed by atoms with Crippen LogP contribution in [0, 0.1) is 0 Å². The quantitative estimate of drug-likeness (QED) is 0.0868. The normalized spacial score (nSPS) is 23.3. The monoisotopic (exact) mass is 578 g/mol. The number of rotatable bonds is 12. The first-order valence-electron chi connectivity index (χ1n) is 15.2. The van der Waals surface area contributed by atoms with Crippen LogP contribution < -0.4 is 17.2 Å². The number of piperidine rings is 1. The van der Waals surface area contributed by atoms with Gasteiger partial charge in [0.1, 0.15) is 12.1 Å². The molecule has 3 aliphatic heterocycles. The van der Waals surface area contributed by atoms with Crippen LogP contribution in [0.1, 0.15) is 62.5 Å². The summed E-state index contributed by atoms with van der Waals surface area (Å²) in [4.78, 5) is 31.0. The minimum absolute atomic E-state index is 0.0115. The lowest BCUT2D eigenvalue weighted by Crippen LogP contribution is -2.60. The van der Waals surface area contributed by atoms with Gasteiger partial charge in [-0.15, -0.1) is 0 Å². The zero-order chi connectivity index (χ0) is 29.6. The van der Waals surface area contributed by atoms with Gasteiger partial charge in [-0.1, -0.05) is 60.7 Å². The van der Waals surface area contributed by atoms with Crippen molar-refractivity contribution < 1.29 is 28.3 Å². The van der Waals surface area contributed by atoms with E-state index in [4.69, 9.17) is 31.4 Å². The largest absolute Gasteiger partial charge is 0.459 e. The van der Waals surface area contributed by atoms with Crippen LogP contribution in [-0.4, -0.2) is 73.0 Å². The fourth-order valence-electron chi connectivity index (χ4n) is 7.43. The first kappa shape index (κ1) is 30.0. The highest BCUT2D eigenvalue weighted by Crippen LogP contribution is 2.47. The number of nitrogens with two attached hydrogens (primary N) is 3. The average Bonchev–Trinajstić information content (AvgIpc) is 3.54. The molecule has 2 unspecified atom stereocenters. The predicted molar refractivity (Wildman–Crippen MR) is 159 cm³/mol. The van der Waals surface area contributed by atoms with Crippen molar-refractivity contribution >= 4 is 17.9 Å². The van der Waals surface area contributed by atoms with Crippen molar-refractivity contribution in [1.29, 1.82) is 0 Å². The van der Waals surface area contributed by atoms with Gasteiger partial charge in [0.05, 0.1) is 25.2 Å². The Labute approximate surface area is 247 Å². The van der Waals surface area contributed by atoms with Crippen LogP contribution in [-0.2, 0) is 29.4 Å². The van der Waals surface area contributed by atoms with E-state index in [0.717, 1.165) is 12.8 Å². The molecule has 2 aromatic carbocycles. The third kappa shape index (κ3) is 6.16. The molecule has 6 N–H and O–H groups in total. The summed E-state index contributed by atoms with van der Waals surface area (Å²) in [5.74, 6) is -1.15. The van der Waals surface area contributed by atoms with Gasteiger partial charge in [-0.25, -0.2) is 4.79 Å². The number of aliphatic imine (C=N–C) groups is 1. The van der Waals surface area contributed by atoms with E-state index in [1.165, 1.54) is 43.3 Å². The summed E-state index contributed by atoms with van der Waals surface area (Å²) in [6, 6.07) is 18.7. The number of hydrogen-bond acceptors (Lipinski definition) is 7. The first-order chi connectivity index (χ1) is 20.3.